The first-order valence-corrected chi connectivity index (χ1v) is 7.87. The van der Waals surface area contributed by atoms with Gasteiger partial charge in [-0.15, -0.1) is 0 Å². The summed E-state index contributed by atoms with van der Waals surface area (Å²) in [6, 6.07) is 15.6. The second-order valence-electron chi connectivity index (χ2n) is 5.50. The first-order chi connectivity index (χ1) is 11.6. The summed E-state index contributed by atoms with van der Waals surface area (Å²) in [4.78, 5) is 12.0. The van der Waals surface area contributed by atoms with Crippen LogP contribution in [0.15, 0.2) is 54.6 Å². The van der Waals surface area contributed by atoms with Crippen molar-refractivity contribution in [1.29, 1.82) is 0 Å². The van der Waals surface area contributed by atoms with E-state index in [-0.39, 0.29) is 11.8 Å². The third-order valence-corrected chi connectivity index (χ3v) is 3.81. The summed E-state index contributed by atoms with van der Waals surface area (Å²) >= 11 is 0. The zero-order chi connectivity index (χ0) is 17.4. The van der Waals surface area contributed by atoms with E-state index in [9.17, 15) is 4.79 Å². The molecule has 2 aromatic carbocycles. The van der Waals surface area contributed by atoms with E-state index in [1.807, 2.05) is 30.3 Å². The van der Waals surface area contributed by atoms with Crippen molar-refractivity contribution >= 4 is 12.0 Å². The van der Waals surface area contributed by atoms with Crippen LogP contribution in [-0.2, 0) is 4.79 Å². The molecule has 0 saturated carbocycles. The number of carbonyl (C=O) groups excluding carboxylic acids is 1. The molecule has 126 valence electrons. The summed E-state index contributed by atoms with van der Waals surface area (Å²) in [5.41, 5.74) is 2.03. The monoisotopic (exact) mass is 325 g/mol. The van der Waals surface area contributed by atoms with Crippen LogP contribution in [0.5, 0.6) is 11.5 Å². The molecule has 0 aromatic heterocycles. The van der Waals surface area contributed by atoms with Crippen LogP contribution < -0.4 is 14.8 Å². The van der Waals surface area contributed by atoms with Gasteiger partial charge >= 0.3 is 0 Å². The molecule has 0 bridgehead atoms. The number of amides is 1. The zero-order valence-electron chi connectivity index (χ0n) is 14.3. The molecule has 0 radical (unpaired) electrons. The van der Waals surface area contributed by atoms with E-state index in [4.69, 9.17) is 9.47 Å². The lowest BCUT2D eigenvalue weighted by atomic mass is 10.0. The Hall–Kier alpha value is -2.75. The standard InChI is InChI=1S/C20H23NO3/c1-15(16-7-5-4-6-8-16)14-21-20(22)12-10-17-9-11-18(23-2)13-19(17)24-3/h4-13,15H,14H2,1-3H3,(H,21,22)/b12-10+. The molecule has 0 aliphatic carbocycles. The molecule has 2 aromatic rings. The van der Waals surface area contributed by atoms with Gasteiger partial charge in [0.05, 0.1) is 14.2 Å². The Morgan fingerprint density at radius 3 is 2.54 bits per heavy atom. The van der Waals surface area contributed by atoms with Gasteiger partial charge in [-0.1, -0.05) is 37.3 Å². The fourth-order valence-corrected chi connectivity index (χ4v) is 2.33. The molecule has 0 saturated heterocycles. The van der Waals surface area contributed by atoms with Crippen molar-refractivity contribution in [3.8, 4) is 11.5 Å². The average Bonchev–Trinajstić information content (AvgIpc) is 2.64. The van der Waals surface area contributed by atoms with E-state index < -0.39 is 0 Å². The summed E-state index contributed by atoms with van der Waals surface area (Å²) in [6.45, 7) is 2.68. The number of carbonyl (C=O) groups is 1. The number of ether oxygens (including phenoxy) is 2. The predicted molar refractivity (Wildman–Crippen MR) is 96.4 cm³/mol. The van der Waals surface area contributed by atoms with Gasteiger partial charge in [0.2, 0.25) is 5.91 Å². The van der Waals surface area contributed by atoms with E-state index in [2.05, 4.69) is 24.4 Å². The van der Waals surface area contributed by atoms with Gasteiger partial charge in [0.25, 0.3) is 0 Å². The van der Waals surface area contributed by atoms with Gasteiger partial charge in [-0.2, -0.15) is 0 Å². The summed E-state index contributed by atoms with van der Waals surface area (Å²) in [5, 5.41) is 2.92. The molecular formula is C20H23NO3. The lowest BCUT2D eigenvalue weighted by Crippen LogP contribution is -2.25. The second kappa shape index (κ2) is 8.77. The smallest absolute Gasteiger partial charge is 0.244 e. The van der Waals surface area contributed by atoms with Crippen molar-refractivity contribution in [3.63, 3.8) is 0 Å². The molecular weight excluding hydrogens is 302 g/mol. The van der Waals surface area contributed by atoms with Crippen LogP contribution in [0.2, 0.25) is 0 Å². The predicted octanol–water partition coefficient (Wildman–Crippen LogP) is 3.64. The fourth-order valence-electron chi connectivity index (χ4n) is 2.33. The maximum atomic E-state index is 12.0. The minimum Gasteiger partial charge on any atom is -0.497 e. The van der Waals surface area contributed by atoms with Crippen molar-refractivity contribution in [2.45, 2.75) is 12.8 Å². The first kappa shape index (κ1) is 17.6. The van der Waals surface area contributed by atoms with Crippen LogP contribution in [0.1, 0.15) is 24.0 Å². The summed E-state index contributed by atoms with van der Waals surface area (Å²) in [6.07, 6.45) is 3.25. The van der Waals surface area contributed by atoms with Crippen LogP contribution in [0, 0.1) is 0 Å². The Balaban J connectivity index is 1.93. The SMILES string of the molecule is COc1ccc(/C=C/C(=O)NCC(C)c2ccccc2)c(OC)c1. The first-order valence-electron chi connectivity index (χ1n) is 7.87. The average molecular weight is 325 g/mol. The highest BCUT2D eigenvalue weighted by Crippen LogP contribution is 2.25. The minimum absolute atomic E-state index is 0.129. The van der Waals surface area contributed by atoms with E-state index in [0.29, 0.717) is 18.0 Å². The Labute approximate surface area is 143 Å². The van der Waals surface area contributed by atoms with Crippen molar-refractivity contribution < 1.29 is 14.3 Å². The van der Waals surface area contributed by atoms with Crippen LogP contribution >= 0.6 is 0 Å². The minimum atomic E-state index is -0.129. The van der Waals surface area contributed by atoms with E-state index >= 15 is 0 Å². The van der Waals surface area contributed by atoms with E-state index in [1.165, 1.54) is 11.6 Å². The van der Waals surface area contributed by atoms with Gasteiger partial charge in [0.1, 0.15) is 11.5 Å². The summed E-state index contributed by atoms with van der Waals surface area (Å²) in [7, 11) is 3.19. The molecule has 0 heterocycles. The number of hydrogen-bond acceptors (Lipinski definition) is 3. The summed E-state index contributed by atoms with van der Waals surface area (Å²) in [5.74, 6) is 1.51. The van der Waals surface area contributed by atoms with Crippen molar-refractivity contribution in [3.05, 3.63) is 65.7 Å². The molecule has 24 heavy (non-hydrogen) atoms. The van der Waals surface area contributed by atoms with Crippen LogP contribution in [-0.4, -0.2) is 26.7 Å². The normalized spacial score (nSPS) is 12.0. The fraction of sp³-hybridized carbons (Fsp3) is 0.250. The highest BCUT2D eigenvalue weighted by molar-refractivity contribution is 5.92. The van der Waals surface area contributed by atoms with Crippen molar-refractivity contribution in [2.75, 3.05) is 20.8 Å². The molecule has 0 spiro atoms. The van der Waals surface area contributed by atoms with Gasteiger partial charge in [-0.3, -0.25) is 4.79 Å². The molecule has 1 unspecified atom stereocenters. The number of rotatable bonds is 7. The van der Waals surface area contributed by atoms with Gasteiger partial charge in [0.15, 0.2) is 0 Å². The molecule has 4 nitrogen and oxygen atoms in total. The summed E-state index contributed by atoms with van der Waals surface area (Å²) < 4.78 is 10.5. The largest absolute Gasteiger partial charge is 0.497 e. The van der Waals surface area contributed by atoms with Gasteiger partial charge in [-0.25, -0.2) is 0 Å². The third kappa shape index (κ3) is 4.88. The zero-order valence-corrected chi connectivity index (χ0v) is 14.3. The van der Waals surface area contributed by atoms with Crippen LogP contribution in [0.3, 0.4) is 0 Å². The molecule has 4 heteroatoms. The molecule has 0 aliphatic rings. The maximum absolute atomic E-state index is 12.0. The number of benzene rings is 2. The molecule has 1 N–H and O–H groups in total. The quantitative estimate of drug-likeness (QED) is 0.791. The van der Waals surface area contributed by atoms with E-state index in [1.54, 1.807) is 26.4 Å². The molecule has 1 atom stereocenters. The molecule has 0 fully saturated rings. The Bertz CT molecular complexity index is 695. The molecule has 1 amide bonds. The molecule has 2 rings (SSSR count). The van der Waals surface area contributed by atoms with Crippen molar-refractivity contribution in [1.82, 2.24) is 5.32 Å². The second-order valence-corrected chi connectivity index (χ2v) is 5.50. The van der Waals surface area contributed by atoms with Gasteiger partial charge < -0.3 is 14.8 Å². The highest BCUT2D eigenvalue weighted by Gasteiger charge is 2.06. The van der Waals surface area contributed by atoms with E-state index in [0.717, 1.165) is 5.56 Å². The Morgan fingerprint density at radius 2 is 1.88 bits per heavy atom. The lowest BCUT2D eigenvalue weighted by molar-refractivity contribution is -0.116. The van der Waals surface area contributed by atoms with Gasteiger partial charge in [0, 0.05) is 24.3 Å². The highest BCUT2D eigenvalue weighted by atomic mass is 16.5. The lowest BCUT2D eigenvalue weighted by Gasteiger charge is -2.12. The number of hydrogen-bond donors (Lipinski definition) is 1. The number of nitrogens with one attached hydrogen (secondary N) is 1. The number of methoxy groups -OCH3 is 2. The van der Waals surface area contributed by atoms with Crippen molar-refractivity contribution in [2.24, 2.45) is 0 Å². The molecule has 0 aliphatic heterocycles. The Kier molecular flexibility index (Phi) is 6.43. The van der Waals surface area contributed by atoms with Crippen LogP contribution in [0.25, 0.3) is 6.08 Å². The topological polar surface area (TPSA) is 47.6 Å². The van der Waals surface area contributed by atoms with Crippen LogP contribution in [0.4, 0.5) is 0 Å². The Morgan fingerprint density at radius 1 is 1.12 bits per heavy atom. The maximum Gasteiger partial charge on any atom is 0.244 e. The third-order valence-electron chi connectivity index (χ3n) is 3.81. The van der Waals surface area contributed by atoms with Gasteiger partial charge in [-0.05, 0) is 29.7 Å².